The van der Waals surface area contributed by atoms with Crippen LogP contribution in [0.2, 0.25) is 0 Å². The number of anilines is 3. The van der Waals surface area contributed by atoms with Crippen molar-refractivity contribution in [3.63, 3.8) is 0 Å². The van der Waals surface area contributed by atoms with Crippen LogP contribution in [0, 0.1) is 0 Å². The van der Waals surface area contributed by atoms with Gasteiger partial charge in [-0.05, 0) is 171 Å². The van der Waals surface area contributed by atoms with Crippen molar-refractivity contribution >= 4 is 34.6 Å². The van der Waals surface area contributed by atoms with Gasteiger partial charge in [-0.2, -0.15) is 0 Å². The van der Waals surface area contributed by atoms with Crippen molar-refractivity contribution in [1.82, 2.24) is 0 Å². The van der Waals surface area contributed by atoms with Gasteiger partial charge in [-0.1, -0.05) is 127 Å². The minimum Gasteiger partial charge on any atom is -0.318 e. The third-order valence-electron chi connectivity index (χ3n) is 16.4. The van der Waals surface area contributed by atoms with E-state index in [1.165, 1.54) is 0 Å². The predicted molar refractivity (Wildman–Crippen MR) is 294 cm³/mol. The normalized spacial score (nSPS) is 19.3. The van der Waals surface area contributed by atoms with E-state index in [4.69, 9.17) is 15.0 Å². The average Bonchev–Trinajstić information content (AvgIpc) is 3.76. The van der Waals surface area contributed by atoms with Crippen LogP contribution in [0.1, 0.15) is 99.8 Å². The van der Waals surface area contributed by atoms with Gasteiger partial charge in [0.05, 0.1) is 33.2 Å². The van der Waals surface area contributed by atoms with E-state index < -0.39 is 0 Å². The molecule has 6 nitrogen and oxygen atoms in total. The summed E-state index contributed by atoms with van der Waals surface area (Å²) in [5, 5.41) is 0. The Balaban J connectivity index is 1.05. The summed E-state index contributed by atoms with van der Waals surface area (Å²) in [7, 11) is 0. The van der Waals surface area contributed by atoms with Crippen LogP contribution in [-0.4, -0.2) is 50.7 Å². The highest BCUT2D eigenvalue weighted by Gasteiger charge is 2.52. The van der Waals surface area contributed by atoms with Gasteiger partial charge in [-0.25, -0.2) is 0 Å². The maximum atomic E-state index is 5.38. The fourth-order valence-electron chi connectivity index (χ4n) is 10.2. The van der Waals surface area contributed by atoms with Crippen molar-refractivity contribution in [3.05, 3.63) is 199 Å². The first kappa shape index (κ1) is 45.7. The lowest BCUT2D eigenvalue weighted by Crippen LogP contribution is -2.53. The van der Waals surface area contributed by atoms with Gasteiger partial charge in [0.25, 0.3) is 0 Å². The Kier molecular flexibility index (Phi) is 10.8. The first-order valence-electron chi connectivity index (χ1n) is 24.5. The summed E-state index contributed by atoms with van der Waals surface area (Å²) < 4.78 is 0. The highest BCUT2D eigenvalue weighted by molar-refractivity contribution is 6.15. The van der Waals surface area contributed by atoms with E-state index in [-0.39, 0.29) is 33.2 Å². The first-order valence-corrected chi connectivity index (χ1v) is 24.5. The lowest BCUT2D eigenvalue weighted by molar-refractivity contribution is 0.338. The number of rotatable bonds is 9. The molecule has 3 aliphatic rings. The maximum absolute atomic E-state index is 5.38. The largest absolute Gasteiger partial charge is 0.318 e. The maximum Gasteiger partial charge on any atom is 0.136 e. The van der Waals surface area contributed by atoms with Gasteiger partial charge < -0.3 is 14.7 Å². The molecule has 0 aromatic heterocycles. The van der Waals surface area contributed by atoms with Crippen LogP contribution >= 0.6 is 0 Å². The second-order valence-corrected chi connectivity index (χ2v) is 22.2. The second kappa shape index (κ2) is 16.3. The topological polar surface area (TPSA) is 46.8 Å². The summed E-state index contributed by atoms with van der Waals surface area (Å²) in [6.07, 6.45) is 0. The Hall–Kier alpha value is -7.05. The molecule has 0 saturated carbocycles. The summed E-state index contributed by atoms with van der Waals surface area (Å²) in [6, 6.07) is 66.0. The van der Waals surface area contributed by atoms with E-state index in [2.05, 4.69) is 280 Å². The van der Waals surface area contributed by atoms with Crippen LogP contribution < -0.4 is 14.7 Å². The van der Waals surface area contributed by atoms with E-state index in [0.717, 1.165) is 84.6 Å². The van der Waals surface area contributed by atoms with E-state index >= 15 is 0 Å². The first-order chi connectivity index (χ1) is 32.7. The van der Waals surface area contributed by atoms with E-state index in [1.54, 1.807) is 0 Å². The summed E-state index contributed by atoms with van der Waals surface area (Å²) in [6.45, 7) is 27.2. The van der Waals surface area contributed by atoms with Crippen LogP contribution in [0.4, 0.5) is 17.1 Å². The molecule has 0 radical (unpaired) electrons. The number of nitrogens with zero attached hydrogens (tertiary/aromatic N) is 6. The molecule has 6 heteroatoms. The average molecular weight is 907 g/mol. The Morgan fingerprint density at radius 2 is 0.449 bits per heavy atom. The van der Waals surface area contributed by atoms with Gasteiger partial charge >= 0.3 is 0 Å². The van der Waals surface area contributed by atoms with Crippen molar-refractivity contribution < 1.29 is 0 Å². The molecule has 0 atom stereocenters. The SMILES string of the molecule is CC1(C)N=C(c2ccc(-c3cc(-c4ccc(C5=NC(C)(C)C(C)(C)N5c5ccccc5)cc4)cc(-c4ccc(C5=NC(C)(C)C(C)(C)N5c5ccccc5)cc4)c3)cc2)N(c2ccccc2)C1(C)C. The number of benzene rings is 7. The van der Waals surface area contributed by atoms with E-state index in [0.29, 0.717) is 0 Å². The molecule has 0 amide bonds. The molecule has 0 fully saturated rings. The Morgan fingerprint density at radius 3 is 0.667 bits per heavy atom. The highest BCUT2D eigenvalue weighted by atomic mass is 15.4. The van der Waals surface area contributed by atoms with Crippen molar-refractivity contribution in [2.75, 3.05) is 14.7 Å². The third-order valence-corrected chi connectivity index (χ3v) is 16.4. The van der Waals surface area contributed by atoms with Gasteiger partial charge in [0.1, 0.15) is 17.5 Å². The predicted octanol–water partition coefficient (Wildman–Crippen LogP) is 15.2. The number of aliphatic imine (C=N–C) groups is 3. The Labute approximate surface area is 410 Å². The molecule has 3 aliphatic heterocycles. The summed E-state index contributed by atoms with van der Waals surface area (Å²) in [4.78, 5) is 23.4. The molecule has 0 saturated heterocycles. The fraction of sp³-hybridized carbons (Fsp3) is 0.286. The van der Waals surface area contributed by atoms with Crippen molar-refractivity contribution in [1.29, 1.82) is 0 Å². The molecule has 0 N–H and O–H groups in total. The van der Waals surface area contributed by atoms with Gasteiger partial charge in [-0.3, -0.25) is 15.0 Å². The number of hydrogen-bond donors (Lipinski definition) is 0. The fourth-order valence-corrected chi connectivity index (χ4v) is 10.2. The van der Waals surface area contributed by atoms with Gasteiger partial charge in [0, 0.05) is 33.8 Å². The monoisotopic (exact) mass is 907 g/mol. The van der Waals surface area contributed by atoms with E-state index in [1.807, 2.05) is 0 Å². The highest BCUT2D eigenvalue weighted by Crippen LogP contribution is 2.46. The minimum absolute atomic E-state index is 0.232. The standard InChI is InChI=1S/C63H66N6/c1-58(2)61(7,8)67(52-22-16-13-17-23-52)55(64-58)46-34-28-43(29-35-46)49-40-50(44-30-36-47(37-31-44)56-65-59(3,4)62(9,10)68(56)53-24-18-14-19-25-53)42-51(41-49)45-32-38-48(39-33-45)57-66-60(5,6)63(11,12)69(57)54-26-20-15-21-27-54/h13-42H,1-12H3. The van der Waals surface area contributed by atoms with E-state index in [9.17, 15) is 0 Å². The molecule has 0 aliphatic carbocycles. The molecule has 348 valence electrons. The van der Waals surface area contributed by atoms with Crippen LogP contribution in [0.15, 0.2) is 197 Å². The van der Waals surface area contributed by atoms with Crippen molar-refractivity contribution in [3.8, 4) is 33.4 Å². The van der Waals surface area contributed by atoms with Crippen molar-refractivity contribution in [2.45, 2.75) is 116 Å². The molecule has 0 unspecified atom stereocenters. The lowest BCUT2D eigenvalue weighted by Gasteiger charge is -2.41. The number of para-hydroxylation sites is 3. The zero-order valence-electron chi connectivity index (χ0n) is 42.5. The molecule has 7 aromatic carbocycles. The Bertz CT molecular complexity index is 2770. The summed E-state index contributed by atoms with van der Waals surface area (Å²) in [5.41, 5.74) is 12.0. The van der Waals surface area contributed by atoms with Crippen LogP contribution in [-0.2, 0) is 0 Å². The van der Waals surface area contributed by atoms with Crippen LogP contribution in [0.3, 0.4) is 0 Å². The van der Waals surface area contributed by atoms with Gasteiger partial charge in [-0.15, -0.1) is 0 Å². The zero-order chi connectivity index (χ0) is 48.7. The molecular weight excluding hydrogens is 841 g/mol. The quantitative estimate of drug-likeness (QED) is 0.145. The summed E-state index contributed by atoms with van der Waals surface area (Å²) >= 11 is 0. The number of hydrogen-bond acceptors (Lipinski definition) is 6. The molecule has 3 heterocycles. The number of amidine groups is 3. The molecule has 0 bridgehead atoms. The van der Waals surface area contributed by atoms with Gasteiger partial charge in [0.15, 0.2) is 0 Å². The summed E-state index contributed by atoms with van der Waals surface area (Å²) in [5.74, 6) is 2.98. The van der Waals surface area contributed by atoms with Crippen LogP contribution in [0.25, 0.3) is 33.4 Å². The van der Waals surface area contributed by atoms with Crippen LogP contribution in [0.5, 0.6) is 0 Å². The lowest BCUT2D eigenvalue weighted by atomic mass is 9.83. The second-order valence-electron chi connectivity index (χ2n) is 22.2. The zero-order valence-corrected chi connectivity index (χ0v) is 42.5. The molecular formula is C63H66N6. The smallest absolute Gasteiger partial charge is 0.136 e. The van der Waals surface area contributed by atoms with Gasteiger partial charge in [0.2, 0.25) is 0 Å². The molecule has 7 aromatic rings. The third kappa shape index (κ3) is 7.60. The minimum atomic E-state index is -0.293. The molecule has 10 rings (SSSR count). The molecule has 69 heavy (non-hydrogen) atoms. The molecule has 0 spiro atoms. The van der Waals surface area contributed by atoms with Crippen molar-refractivity contribution in [2.24, 2.45) is 15.0 Å². The Morgan fingerprint density at radius 1 is 0.246 bits per heavy atom.